The van der Waals surface area contributed by atoms with E-state index in [4.69, 9.17) is 0 Å². The molecule has 1 aromatic rings. The van der Waals surface area contributed by atoms with Gasteiger partial charge in [0.15, 0.2) is 0 Å². The molecular formula is C15H20F2O. The van der Waals surface area contributed by atoms with E-state index in [0.29, 0.717) is 0 Å². The number of carbonyl (C=O) groups is 1. The Morgan fingerprint density at radius 1 is 1.06 bits per heavy atom. The number of ketones is 1. The van der Waals surface area contributed by atoms with Gasteiger partial charge >= 0.3 is 6.43 Å². The highest BCUT2D eigenvalue weighted by atomic mass is 19.3. The molecule has 18 heavy (non-hydrogen) atoms. The summed E-state index contributed by atoms with van der Waals surface area (Å²) in [5.41, 5.74) is 1.21. The predicted octanol–water partition coefficient (Wildman–Crippen LogP) is 4.65. The molecule has 1 aromatic carbocycles. The van der Waals surface area contributed by atoms with Crippen LogP contribution in [-0.4, -0.2) is 12.2 Å². The summed E-state index contributed by atoms with van der Waals surface area (Å²) in [6, 6.07) is 6.54. The van der Waals surface area contributed by atoms with E-state index in [9.17, 15) is 13.6 Å². The molecule has 0 bridgehead atoms. The van der Waals surface area contributed by atoms with Crippen LogP contribution in [0.3, 0.4) is 0 Å². The number of aryl methyl sites for hydroxylation is 1. The van der Waals surface area contributed by atoms with Crippen molar-refractivity contribution in [2.75, 3.05) is 0 Å². The highest BCUT2D eigenvalue weighted by Gasteiger charge is 2.16. The summed E-state index contributed by atoms with van der Waals surface area (Å²) in [6.45, 7) is 2.18. The van der Waals surface area contributed by atoms with Crippen LogP contribution < -0.4 is 0 Å². The Morgan fingerprint density at radius 2 is 1.67 bits per heavy atom. The average molecular weight is 254 g/mol. The van der Waals surface area contributed by atoms with Gasteiger partial charge in [0.2, 0.25) is 5.78 Å². The topological polar surface area (TPSA) is 17.1 Å². The molecule has 0 aliphatic rings. The van der Waals surface area contributed by atoms with Crippen LogP contribution in [0.4, 0.5) is 8.78 Å². The number of unbranched alkanes of at least 4 members (excludes halogenated alkanes) is 4. The number of halogens is 2. The second kappa shape index (κ2) is 7.96. The number of alkyl halides is 2. The molecular weight excluding hydrogens is 234 g/mol. The normalized spacial score (nSPS) is 10.9. The van der Waals surface area contributed by atoms with Gasteiger partial charge in [0.1, 0.15) is 0 Å². The zero-order chi connectivity index (χ0) is 13.4. The Morgan fingerprint density at radius 3 is 2.22 bits per heavy atom. The summed E-state index contributed by atoms with van der Waals surface area (Å²) in [6.07, 6.45) is 4.09. The van der Waals surface area contributed by atoms with Crippen LogP contribution >= 0.6 is 0 Å². The molecule has 0 saturated heterocycles. The van der Waals surface area contributed by atoms with Crippen LogP contribution in [0.2, 0.25) is 0 Å². The molecule has 0 aromatic heterocycles. The third-order valence-electron chi connectivity index (χ3n) is 3.01. The van der Waals surface area contributed by atoms with Crippen LogP contribution in [0.5, 0.6) is 0 Å². The molecule has 1 rings (SSSR count). The predicted molar refractivity (Wildman–Crippen MR) is 69.2 cm³/mol. The molecule has 0 amide bonds. The van der Waals surface area contributed by atoms with Crippen molar-refractivity contribution < 1.29 is 13.6 Å². The molecule has 0 unspecified atom stereocenters. The van der Waals surface area contributed by atoms with E-state index in [0.717, 1.165) is 18.4 Å². The van der Waals surface area contributed by atoms with Crippen molar-refractivity contribution >= 4 is 5.78 Å². The minimum atomic E-state index is -2.91. The number of carbonyl (C=O) groups excluding carboxylic acids is 1. The largest absolute Gasteiger partial charge is 0.300 e. The van der Waals surface area contributed by atoms with Gasteiger partial charge in [-0.05, 0) is 18.4 Å². The van der Waals surface area contributed by atoms with Crippen LogP contribution in [0.1, 0.15) is 54.9 Å². The SMILES string of the molecule is CCCCCCCc1ccc(C(=O)C(F)F)cc1. The molecule has 0 atom stereocenters. The molecule has 0 aliphatic carbocycles. The molecule has 0 spiro atoms. The van der Waals surface area contributed by atoms with Crippen molar-refractivity contribution in [1.29, 1.82) is 0 Å². The molecule has 0 fully saturated rings. The number of hydrogen-bond donors (Lipinski definition) is 0. The van der Waals surface area contributed by atoms with Crippen LogP contribution in [0.15, 0.2) is 24.3 Å². The summed E-state index contributed by atoms with van der Waals surface area (Å²) in [5.74, 6) is -1.09. The molecule has 0 N–H and O–H groups in total. The zero-order valence-corrected chi connectivity index (χ0v) is 10.8. The Labute approximate surface area is 107 Å². The fourth-order valence-corrected chi connectivity index (χ4v) is 1.89. The summed E-state index contributed by atoms with van der Waals surface area (Å²) in [5, 5.41) is 0. The van der Waals surface area contributed by atoms with E-state index in [1.54, 1.807) is 12.1 Å². The van der Waals surface area contributed by atoms with Gasteiger partial charge in [0, 0.05) is 5.56 Å². The second-order valence-electron chi connectivity index (χ2n) is 4.53. The first-order valence-corrected chi connectivity index (χ1v) is 6.56. The maximum Gasteiger partial charge on any atom is 0.300 e. The average Bonchev–Trinajstić information content (AvgIpc) is 2.38. The van der Waals surface area contributed by atoms with Crippen molar-refractivity contribution in [3.63, 3.8) is 0 Å². The number of rotatable bonds is 8. The minimum absolute atomic E-state index is 0.0970. The first-order chi connectivity index (χ1) is 8.65. The lowest BCUT2D eigenvalue weighted by molar-refractivity contribution is 0.0679. The van der Waals surface area contributed by atoms with E-state index in [-0.39, 0.29) is 5.56 Å². The van der Waals surface area contributed by atoms with Gasteiger partial charge in [-0.1, -0.05) is 56.9 Å². The number of benzene rings is 1. The van der Waals surface area contributed by atoms with Crippen molar-refractivity contribution in [2.45, 2.75) is 51.9 Å². The third kappa shape index (κ3) is 4.94. The Balaban J connectivity index is 2.38. The van der Waals surface area contributed by atoms with Crippen LogP contribution in [0.25, 0.3) is 0 Å². The summed E-state index contributed by atoms with van der Waals surface area (Å²) in [7, 11) is 0. The lowest BCUT2D eigenvalue weighted by Crippen LogP contribution is -2.09. The maximum absolute atomic E-state index is 12.2. The molecule has 100 valence electrons. The van der Waals surface area contributed by atoms with E-state index in [1.807, 2.05) is 0 Å². The highest BCUT2D eigenvalue weighted by Crippen LogP contribution is 2.12. The van der Waals surface area contributed by atoms with Crippen LogP contribution in [-0.2, 0) is 6.42 Å². The maximum atomic E-state index is 12.2. The van der Waals surface area contributed by atoms with Crippen molar-refractivity contribution in [2.24, 2.45) is 0 Å². The molecule has 0 saturated carbocycles. The standard InChI is InChI=1S/C15H20F2O/c1-2-3-4-5-6-7-12-8-10-13(11-9-12)14(18)15(16)17/h8-11,15H,2-7H2,1H3. The van der Waals surface area contributed by atoms with Crippen molar-refractivity contribution in [1.82, 2.24) is 0 Å². The smallest absolute Gasteiger partial charge is 0.288 e. The fraction of sp³-hybridized carbons (Fsp3) is 0.533. The highest BCUT2D eigenvalue weighted by molar-refractivity contribution is 5.98. The van der Waals surface area contributed by atoms with Gasteiger partial charge in [-0.25, -0.2) is 8.78 Å². The lowest BCUT2D eigenvalue weighted by Gasteiger charge is -2.03. The van der Waals surface area contributed by atoms with Gasteiger partial charge in [-0.3, -0.25) is 4.79 Å². The number of Topliss-reactive ketones (excluding diaryl/α,β-unsaturated/α-hetero) is 1. The third-order valence-corrected chi connectivity index (χ3v) is 3.01. The summed E-state index contributed by atoms with van der Waals surface area (Å²) in [4.78, 5) is 11.0. The summed E-state index contributed by atoms with van der Waals surface area (Å²) >= 11 is 0. The molecule has 0 aliphatic heterocycles. The van der Waals surface area contributed by atoms with E-state index < -0.39 is 12.2 Å². The lowest BCUT2D eigenvalue weighted by atomic mass is 10.0. The molecule has 1 nitrogen and oxygen atoms in total. The van der Waals surface area contributed by atoms with Crippen molar-refractivity contribution in [3.05, 3.63) is 35.4 Å². The van der Waals surface area contributed by atoms with Gasteiger partial charge in [-0.15, -0.1) is 0 Å². The fourth-order valence-electron chi connectivity index (χ4n) is 1.89. The second-order valence-corrected chi connectivity index (χ2v) is 4.53. The first-order valence-electron chi connectivity index (χ1n) is 6.56. The van der Waals surface area contributed by atoms with Gasteiger partial charge in [0.25, 0.3) is 0 Å². The Bertz CT molecular complexity index is 357. The van der Waals surface area contributed by atoms with Gasteiger partial charge in [0.05, 0.1) is 0 Å². The van der Waals surface area contributed by atoms with E-state index >= 15 is 0 Å². The Kier molecular flexibility index (Phi) is 6.55. The van der Waals surface area contributed by atoms with Gasteiger partial charge in [-0.2, -0.15) is 0 Å². The zero-order valence-electron chi connectivity index (χ0n) is 10.8. The van der Waals surface area contributed by atoms with Crippen LogP contribution in [0, 0.1) is 0 Å². The minimum Gasteiger partial charge on any atom is -0.288 e. The Hall–Kier alpha value is -1.25. The first kappa shape index (κ1) is 14.8. The molecule has 0 heterocycles. The van der Waals surface area contributed by atoms with E-state index in [1.165, 1.54) is 37.8 Å². The van der Waals surface area contributed by atoms with Crippen molar-refractivity contribution in [3.8, 4) is 0 Å². The number of hydrogen-bond acceptors (Lipinski definition) is 1. The monoisotopic (exact) mass is 254 g/mol. The van der Waals surface area contributed by atoms with Gasteiger partial charge < -0.3 is 0 Å². The molecule has 0 radical (unpaired) electrons. The molecule has 3 heteroatoms. The van der Waals surface area contributed by atoms with E-state index in [2.05, 4.69) is 6.92 Å². The quantitative estimate of drug-likeness (QED) is 0.487. The summed E-state index contributed by atoms with van der Waals surface area (Å²) < 4.78 is 24.4.